The van der Waals surface area contributed by atoms with Crippen molar-refractivity contribution in [2.75, 3.05) is 6.54 Å². The molecule has 4 rings (SSSR count). The van der Waals surface area contributed by atoms with Crippen molar-refractivity contribution in [3.05, 3.63) is 95.4 Å². The van der Waals surface area contributed by atoms with Gasteiger partial charge in [-0.05, 0) is 48.1 Å². The molecule has 1 N–H and O–H groups in total. The highest BCUT2D eigenvalue weighted by Gasteiger charge is 2.22. The van der Waals surface area contributed by atoms with E-state index in [0.29, 0.717) is 19.6 Å². The third-order valence-electron chi connectivity index (χ3n) is 5.28. The van der Waals surface area contributed by atoms with Gasteiger partial charge in [0.2, 0.25) is 5.91 Å². The van der Waals surface area contributed by atoms with E-state index < -0.39 is 0 Å². The molecule has 4 heteroatoms. The van der Waals surface area contributed by atoms with Crippen LogP contribution in [0.2, 0.25) is 0 Å². The molecule has 0 saturated heterocycles. The summed E-state index contributed by atoms with van der Waals surface area (Å²) < 4.78 is 5.51. The van der Waals surface area contributed by atoms with Gasteiger partial charge in [-0.15, -0.1) is 0 Å². The second-order valence-electron chi connectivity index (χ2n) is 7.42. The number of carbonyl (C=O) groups excluding carboxylic acids is 1. The molecule has 1 amide bonds. The van der Waals surface area contributed by atoms with Crippen LogP contribution < -0.4 is 5.32 Å². The van der Waals surface area contributed by atoms with Crippen LogP contribution in [-0.4, -0.2) is 17.4 Å². The van der Waals surface area contributed by atoms with E-state index in [1.165, 1.54) is 16.7 Å². The normalized spacial score (nSPS) is 16.0. The zero-order valence-corrected chi connectivity index (χ0v) is 16.0. The number of nitrogens with zero attached hydrogens (tertiary/aromatic N) is 1. The summed E-state index contributed by atoms with van der Waals surface area (Å²) in [5.74, 6) is 0.927. The zero-order chi connectivity index (χ0) is 19.2. The zero-order valence-electron chi connectivity index (χ0n) is 16.0. The Labute approximate surface area is 166 Å². The summed E-state index contributed by atoms with van der Waals surface area (Å²) in [6.07, 6.45) is 4.89. The van der Waals surface area contributed by atoms with E-state index in [0.717, 1.165) is 25.0 Å². The average Bonchev–Trinajstić information content (AvgIpc) is 3.22. The third kappa shape index (κ3) is 4.70. The van der Waals surface area contributed by atoms with Gasteiger partial charge in [-0.1, -0.05) is 54.6 Å². The van der Waals surface area contributed by atoms with Crippen molar-refractivity contribution in [1.82, 2.24) is 10.2 Å². The Hall–Kier alpha value is -2.85. The third-order valence-corrected chi connectivity index (χ3v) is 5.28. The van der Waals surface area contributed by atoms with E-state index >= 15 is 0 Å². The van der Waals surface area contributed by atoms with Crippen molar-refractivity contribution < 1.29 is 9.21 Å². The SMILES string of the molecule is O=C(CN(Cc1ccccc1)Cc1ccco1)NC1CCCc2ccccc21. The van der Waals surface area contributed by atoms with Gasteiger partial charge < -0.3 is 9.73 Å². The first-order valence-electron chi connectivity index (χ1n) is 9.94. The van der Waals surface area contributed by atoms with E-state index in [1.807, 2.05) is 30.3 Å². The fraction of sp³-hybridized carbons (Fsp3) is 0.292. The minimum absolute atomic E-state index is 0.0594. The summed E-state index contributed by atoms with van der Waals surface area (Å²) in [4.78, 5) is 15.0. The van der Waals surface area contributed by atoms with E-state index in [9.17, 15) is 4.79 Å². The number of amides is 1. The molecular formula is C24H26N2O2. The van der Waals surface area contributed by atoms with Gasteiger partial charge in [-0.25, -0.2) is 0 Å². The molecule has 1 atom stereocenters. The Kier molecular flexibility index (Phi) is 5.88. The second kappa shape index (κ2) is 8.89. The summed E-state index contributed by atoms with van der Waals surface area (Å²) in [7, 11) is 0. The molecular weight excluding hydrogens is 348 g/mol. The number of aryl methyl sites for hydroxylation is 1. The molecule has 0 fully saturated rings. The molecule has 0 bridgehead atoms. The standard InChI is InChI=1S/C24H26N2O2/c27-24(25-23-14-6-11-20-10-4-5-13-22(20)23)18-26(17-21-12-7-15-28-21)16-19-8-2-1-3-9-19/h1-5,7-10,12-13,15,23H,6,11,14,16-18H2,(H,25,27). The van der Waals surface area contributed by atoms with E-state index in [4.69, 9.17) is 4.42 Å². The molecule has 1 aliphatic rings. The van der Waals surface area contributed by atoms with Crippen LogP contribution in [0.15, 0.2) is 77.4 Å². The topological polar surface area (TPSA) is 45.5 Å². The molecule has 144 valence electrons. The Morgan fingerprint density at radius 2 is 1.82 bits per heavy atom. The number of carbonyl (C=O) groups is 1. The van der Waals surface area contributed by atoms with Crippen molar-refractivity contribution in [2.45, 2.75) is 38.4 Å². The maximum Gasteiger partial charge on any atom is 0.234 e. The highest BCUT2D eigenvalue weighted by atomic mass is 16.3. The molecule has 0 radical (unpaired) electrons. The first-order valence-corrected chi connectivity index (χ1v) is 9.94. The summed E-state index contributed by atoms with van der Waals surface area (Å²) in [6.45, 7) is 1.65. The molecule has 3 aromatic rings. The fourth-order valence-electron chi connectivity index (χ4n) is 3.98. The molecule has 0 spiro atoms. The predicted molar refractivity (Wildman–Crippen MR) is 110 cm³/mol. The number of benzene rings is 2. The Morgan fingerprint density at radius 3 is 2.64 bits per heavy atom. The number of furan rings is 1. The van der Waals surface area contributed by atoms with Gasteiger partial charge in [-0.2, -0.15) is 0 Å². The van der Waals surface area contributed by atoms with Gasteiger partial charge in [0.15, 0.2) is 0 Å². The molecule has 0 aliphatic heterocycles. The van der Waals surface area contributed by atoms with Crippen LogP contribution in [-0.2, 0) is 24.3 Å². The van der Waals surface area contributed by atoms with Crippen molar-refractivity contribution in [2.24, 2.45) is 0 Å². The lowest BCUT2D eigenvalue weighted by Gasteiger charge is -2.28. The fourth-order valence-corrected chi connectivity index (χ4v) is 3.98. The summed E-state index contributed by atoms with van der Waals surface area (Å²) in [6, 6.07) is 22.6. The van der Waals surface area contributed by atoms with Crippen molar-refractivity contribution >= 4 is 5.91 Å². The van der Waals surface area contributed by atoms with Gasteiger partial charge in [0, 0.05) is 6.54 Å². The quantitative estimate of drug-likeness (QED) is 0.663. The highest BCUT2D eigenvalue weighted by molar-refractivity contribution is 5.78. The van der Waals surface area contributed by atoms with Gasteiger partial charge in [0.05, 0.1) is 25.4 Å². The maximum absolute atomic E-state index is 12.9. The predicted octanol–water partition coefficient (Wildman–Crippen LogP) is 4.48. The van der Waals surface area contributed by atoms with Crippen molar-refractivity contribution in [1.29, 1.82) is 0 Å². The molecule has 1 unspecified atom stereocenters. The number of rotatable bonds is 7. The van der Waals surface area contributed by atoms with Gasteiger partial charge in [0.25, 0.3) is 0 Å². The smallest absolute Gasteiger partial charge is 0.234 e. The van der Waals surface area contributed by atoms with Gasteiger partial charge in [0.1, 0.15) is 5.76 Å². The maximum atomic E-state index is 12.9. The van der Waals surface area contributed by atoms with Gasteiger partial charge in [-0.3, -0.25) is 9.69 Å². The summed E-state index contributed by atoms with van der Waals surface area (Å²) in [5.41, 5.74) is 3.81. The molecule has 0 saturated carbocycles. The first kappa shape index (κ1) is 18.5. The molecule has 1 aromatic heterocycles. The van der Waals surface area contributed by atoms with Gasteiger partial charge >= 0.3 is 0 Å². The number of hydrogen-bond acceptors (Lipinski definition) is 3. The van der Waals surface area contributed by atoms with E-state index in [2.05, 4.69) is 46.6 Å². The number of fused-ring (bicyclic) bond motifs is 1. The molecule has 1 aliphatic carbocycles. The molecule has 28 heavy (non-hydrogen) atoms. The largest absolute Gasteiger partial charge is 0.468 e. The minimum atomic E-state index is 0.0594. The molecule has 4 nitrogen and oxygen atoms in total. The number of hydrogen-bond donors (Lipinski definition) is 1. The van der Waals surface area contributed by atoms with E-state index in [1.54, 1.807) is 6.26 Å². The monoisotopic (exact) mass is 374 g/mol. The second-order valence-corrected chi connectivity index (χ2v) is 7.42. The van der Waals surface area contributed by atoms with Crippen LogP contribution in [0, 0.1) is 0 Å². The van der Waals surface area contributed by atoms with Crippen molar-refractivity contribution in [3.8, 4) is 0 Å². The van der Waals surface area contributed by atoms with Crippen molar-refractivity contribution in [3.63, 3.8) is 0 Å². The lowest BCUT2D eigenvalue weighted by Crippen LogP contribution is -2.39. The summed E-state index contributed by atoms with van der Waals surface area (Å²) >= 11 is 0. The Bertz CT molecular complexity index is 890. The van der Waals surface area contributed by atoms with E-state index in [-0.39, 0.29) is 11.9 Å². The summed E-state index contributed by atoms with van der Waals surface area (Å²) in [5, 5.41) is 3.26. The van der Waals surface area contributed by atoms with Crippen LogP contribution in [0.4, 0.5) is 0 Å². The number of nitrogens with one attached hydrogen (secondary N) is 1. The Balaban J connectivity index is 1.43. The minimum Gasteiger partial charge on any atom is -0.468 e. The molecule has 1 heterocycles. The van der Waals surface area contributed by atoms with Crippen LogP contribution in [0.5, 0.6) is 0 Å². The lowest BCUT2D eigenvalue weighted by molar-refractivity contribution is -0.123. The Morgan fingerprint density at radius 1 is 1.00 bits per heavy atom. The van der Waals surface area contributed by atoms with Crippen LogP contribution >= 0.6 is 0 Å². The molecule has 2 aromatic carbocycles. The lowest BCUT2D eigenvalue weighted by atomic mass is 9.88. The van der Waals surface area contributed by atoms with Crippen LogP contribution in [0.3, 0.4) is 0 Å². The highest BCUT2D eigenvalue weighted by Crippen LogP contribution is 2.29. The van der Waals surface area contributed by atoms with Crippen LogP contribution in [0.25, 0.3) is 0 Å². The average molecular weight is 374 g/mol. The first-order chi connectivity index (χ1) is 13.8. The van der Waals surface area contributed by atoms with Crippen LogP contribution in [0.1, 0.15) is 41.3 Å².